The summed E-state index contributed by atoms with van der Waals surface area (Å²) in [6.45, 7) is 2.73. The summed E-state index contributed by atoms with van der Waals surface area (Å²) < 4.78 is 33.7. The van der Waals surface area contributed by atoms with E-state index in [9.17, 15) is 18.4 Å². The van der Waals surface area contributed by atoms with Gasteiger partial charge in [-0.05, 0) is 54.1 Å². The third-order valence-corrected chi connectivity index (χ3v) is 6.83. The highest BCUT2D eigenvalue weighted by Gasteiger charge is 2.33. The minimum Gasteiger partial charge on any atom is -0.491 e. The monoisotopic (exact) mass is 484 g/mol. The van der Waals surface area contributed by atoms with Gasteiger partial charge in [0.1, 0.15) is 30.5 Å². The van der Waals surface area contributed by atoms with Gasteiger partial charge in [0.15, 0.2) is 0 Å². The Morgan fingerprint density at radius 2 is 1.97 bits per heavy atom. The van der Waals surface area contributed by atoms with E-state index in [0.717, 1.165) is 5.56 Å². The van der Waals surface area contributed by atoms with Gasteiger partial charge < -0.3 is 14.5 Å². The molecule has 1 aliphatic heterocycles. The zero-order chi connectivity index (χ0) is 24.1. The molecule has 2 heterocycles. The van der Waals surface area contributed by atoms with Gasteiger partial charge in [-0.3, -0.25) is 9.59 Å². The van der Waals surface area contributed by atoms with Gasteiger partial charge in [0.2, 0.25) is 5.91 Å². The molecular weight excluding hydrogens is 458 g/mol. The van der Waals surface area contributed by atoms with Crippen molar-refractivity contribution >= 4 is 23.2 Å². The summed E-state index contributed by atoms with van der Waals surface area (Å²) in [5.74, 6) is -1.36. The number of fused-ring (bicyclic) bond motifs is 1. The van der Waals surface area contributed by atoms with Crippen molar-refractivity contribution in [1.82, 2.24) is 9.80 Å². The first-order valence-electron chi connectivity index (χ1n) is 11.3. The van der Waals surface area contributed by atoms with Gasteiger partial charge in [0, 0.05) is 24.0 Å². The van der Waals surface area contributed by atoms with Crippen molar-refractivity contribution in [3.05, 3.63) is 87.6 Å². The average molecular weight is 485 g/mol. The fourth-order valence-electron chi connectivity index (χ4n) is 4.19. The van der Waals surface area contributed by atoms with Crippen LogP contribution in [0.25, 0.3) is 0 Å². The van der Waals surface area contributed by atoms with Crippen molar-refractivity contribution in [2.45, 2.75) is 25.8 Å². The number of hydrogen-bond acceptors (Lipinski definition) is 4. The SMILES string of the molecule is CCCN(CC(=O)N1CCc2sccc2C1COc1cccc(F)c1)C(=O)c1ccccc1F. The first kappa shape index (κ1) is 23.9. The van der Waals surface area contributed by atoms with Crippen LogP contribution in [0.4, 0.5) is 8.78 Å². The molecule has 0 saturated carbocycles. The van der Waals surface area contributed by atoms with Crippen molar-refractivity contribution in [3.8, 4) is 5.75 Å². The second kappa shape index (κ2) is 10.8. The highest BCUT2D eigenvalue weighted by Crippen LogP contribution is 2.34. The van der Waals surface area contributed by atoms with E-state index >= 15 is 0 Å². The van der Waals surface area contributed by atoms with E-state index in [4.69, 9.17) is 4.74 Å². The van der Waals surface area contributed by atoms with Crippen LogP contribution in [0.15, 0.2) is 60.0 Å². The Bertz CT molecular complexity index is 1170. The molecule has 0 aliphatic carbocycles. The summed E-state index contributed by atoms with van der Waals surface area (Å²) in [7, 11) is 0. The zero-order valence-corrected chi connectivity index (χ0v) is 19.7. The van der Waals surface area contributed by atoms with Crippen LogP contribution in [-0.4, -0.2) is 47.9 Å². The highest BCUT2D eigenvalue weighted by molar-refractivity contribution is 7.10. The number of carbonyl (C=O) groups is 2. The van der Waals surface area contributed by atoms with E-state index < -0.39 is 17.5 Å². The Labute approximate surface area is 201 Å². The maximum Gasteiger partial charge on any atom is 0.257 e. The molecule has 178 valence electrons. The van der Waals surface area contributed by atoms with Crippen LogP contribution in [0, 0.1) is 11.6 Å². The Balaban J connectivity index is 1.53. The molecule has 0 fully saturated rings. The summed E-state index contributed by atoms with van der Waals surface area (Å²) in [5, 5.41) is 1.99. The molecule has 2 amide bonds. The third-order valence-electron chi connectivity index (χ3n) is 5.83. The van der Waals surface area contributed by atoms with Gasteiger partial charge >= 0.3 is 0 Å². The number of benzene rings is 2. The number of halogens is 2. The highest BCUT2D eigenvalue weighted by atomic mass is 32.1. The Kier molecular flexibility index (Phi) is 7.57. The second-order valence-electron chi connectivity index (χ2n) is 8.13. The molecule has 0 N–H and O–H groups in total. The number of amides is 2. The summed E-state index contributed by atoms with van der Waals surface area (Å²) in [6.07, 6.45) is 1.35. The van der Waals surface area contributed by atoms with E-state index in [-0.39, 0.29) is 30.7 Å². The number of hydrogen-bond donors (Lipinski definition) is 0. The molecule has 1 atom stereocenters. The van der Waals surface area contributed by atoms with E-state index in [1.54, 1.807) is 34.4 Å². The molecule has 0 spiro atoms. The zero-order valence-electron chi connectivity index (χ0n) is 18.9. The van der Waals surface area contributed by atoms with Crippen LogP contribution in [0.1, 0.15) is 40.2 Å². The third kappa shape index (κ3) is 5.28. The lowest BCUT2D eigenvalue weighted by molar-refractivity contribution is -0.135. The molecule has 8 heteroatoms. The maximum absolute atomic E-state index is 14.2. The lowest BCUT2D eigenvalue weighted by Crippen LogP contribution is -2.48. The normalized spacial score (nSPS) is 15.0. The van der Waals surface area contributed by atoms with Crippen LogP contribution < -0.4 is 4.74 Å². The topological polar surface area (TPSA) is 49.9 Å². The Morgan fingerprint density at radius 3 is 2.74 bits per heavy atom. The quantitative estimate of drug-likeness (QED) is 0.448. The smallest absolute Gasteiger partial charge is 0.257 e. The lowest BCUT2D eigenvalue weighted by atomic mass is 10.0. The number of thiophene rings is 1. The summed E-state index contributed by atoms with van der Waals surface area (Å²) >= 11 is 1.63. The lowest BCUT2D eigenvalue weighted by Gasteiger charge is -2.37. The van der Waals surface area contributed by atoms with Crippen molar-refractivity contribution < 1.29 is 23.1 Å². The van der Waals surface area contributed by atoms with Gasteiger partial charge in [-0.25, -0.2) is 8.78 Å². The van der Waals surface area contributed by atoms with Crippen molar-refractivity contribution in [3.63, 3.8) is 0 Å². The van der Waals surface area contributed by atoms with Crippen LogP contribution in [0.2, 0.25) is 0 Å². The molecule has 4 rings (SSSR count). The van der Waals surface area contributed by atoms with Crippen molar-refractivity contribution in [2.24, 2.45) is 0 Å². The van der Waals surface area contributed by atoms with Gasteiger partial charge in [0.25, 0.3) is 5.91 Å². The van der Waals surface area contributed by atoms with Crippen LogP contribution in [-0.2, 0) is 11.2 Å². The van der Waals surface area contributed by atoms with Crippen LogP contribution in [0.3, 0.4) is 0 Å². The predicted octanol–water partition coefficient (Wildman–Crippen LogP) is 5.08. The van der Waals surface area contributed by atoms with Gasteiger partial charge in [-0.1, -0.05) is 25.1 Å². The van der Waals surface area contributed by atoms with E-state index in [1.165, 1.54) is 40.1 Å². The molecule has 0 bridgehead atoms. The first-order valence-corrected chi connectivity index (χ1v) is 12.1. The number of nitrogens with zero attached hydrogens (tertiary/aromatic N) is 2. The van der Waals surface area contributed by atoms with Crippen molar-refractivity contribution in [1.29, 1.82) is 0 Å². The number of rotatable bonds is 8. The predicted molar refractivity (Wildman–Crippen MR) is 127 cm³/mol. The van der Waals surface area contributed by atoms with E-state index in [1.807, 2.05) is 18.4 Å². The van der Waals surface area contributed by atoms with Gasteiger partial charge in [0.05, 0.1) is 11.6 Å². The molecule has 1 unspecified atom stereocenters. The fourth-order valence-corrected chi connectivity index (χ4v) is 5.12. The number of ether oxygens (including phenoxy) is 1. The number of carbonyl (C=O) groups excluding carboxylic acids is 2. The van der Waals surface area contributed by atoms with Gasteiger partial charge in [-0.15, -0.1) is 11.3 Å². The molecule has 2 aromatic carbocycles. The van der Waals surface area contributed by atoms with Crippen LogP contribution in [0.5, 0.6) is 5.75 Å². The molecule has 0 radical (unpaired) electrons. The minimum atomic E-state index is -0.608. The molecular formula is C26H26F2N2O3S. The minimum absolute atomic E-state index is 0.0477. The Hall–Kier alpha value is -3.26. The summed E-state index contributed by atoms with van der Waals surface area (Å²) in [4.78, 5) is 30.7. The molecule has 34 heavy (non-hydrogen) atoms. The van der Waals surface area contributed by atoms with Crippen molar-refractivity contribution in [2.75, 3.05) is 26.2 Å². The fraction of sp³-hybridized carbons (Fsp3) is 0.308. The largest absolute Gasteiger partial charge is 0.491 e. The maximum atomic E-state index is 14.2. The molecule has 1 aliphatic rings. The summed E-state index contributed by atoms with van der Waals surface area (Å²) in [5.41, 5.74) is 0.956. The molecule has 1 aromatic heterocycles. The van der Waals surface area contributed by atoms with Crippen LogP contribution >= 0.6 is 11.3 Å². The first-order chi connectivity index (χ1) is 16.5. The molecule has 3 aromatic rings. The second-order valence-corrected chi connectivity index (χ2v) is 9.13. The van der Waals surface area contributed by atoms with E-state index in [0.29, 0.717) is 31.7 Å². The molecule has 5 nitrogen and oxygen atoms in total. The standard InChI is InChI=1S/C26H26F2N2O3S/c1-2-12-29(26(32)20-8-3-4-9-22(20)28)16-25(31)30-13-10-24-21(11-14-34-24)23(30)17-33-19-7-5-6-18(27)15-19/h3-9,11,14-15,23H,2,10,12-13,16-17H2,1H3. The molecule has 0 saturated heterocycles. The summed E-state index contributed by atoms with van der Waals surface area (Å²) in [6, 6.07) is 13.3. The van der Waals surface area contributed by atoms with Gasteiger partial charge in [-0.2, -0.15) is 0 Å². The van der Waals surface area contributed by atoms with E-state index in [2.05, 4.69) is 0 Å². The average Bonchev–Trinajstić information content (AvgIpc) is 3.31. The Morgan fingerprint density at radius 1 is 1.15 bits per heavy atom.